The van der Waals surface area contributed by atoms with E-state index in [1.54, 1.807) is 0 Å². The Balaban J connectivity index is 1.55. The highest BCUT2D eigenvalue weighted by atomic mass is 35.5. The van der Waals surface area contributed by atoms with Crippen molar-refractivity contribution in [3.63, 3.8) is 0 Å². The Morgan fingerprint density at radius 1 is 1.26 bits per heavy atom. The van der Waals surface area contributed by atoms with Crippen LogP contribution < -0.4 is 10.9 Å². The van der Waals surface area contributed by atoms with Crippen molar-refractivity contribution in [2.75, 3.05) is 6.54 Å². The molecule has 1 saturated carbocycles. The molecule has 1 heterocycles. The van der Waals surface area contributed by atoms with E-state index in [0.29, 0.717) is 18.0 Å². The monoisotopic (exact) mass is 392 g/mol. The maximum absolute atomic E-state index is 13.2. The molecule has 0 bridgehead atoms. The lowest BCUT2D eigenvalue weighted by Gasteiger charge is -2.21. The number of hydrogen-bond acceptors (Lipinski definition) is 4. The number of carbonyl (C=O) groups excluding carboxylic acids is 1. The molecular formula is C19H22ClFN4O2. The van der Waals surface area contributed by atoms with Crippen LogP contribution in [0, 0.1) is 11.7 Å². The van der Waals surface area contributed by atoms with Crippen LogP contribution in [0.1, 0.15) is 44.2 Å². The Bertz CT molecular complexity index is 865. The lowest BCUT2D eigenvalue weighted by Crippen LogP contribution is -2.31. The minimum absolute atomic E-state index is 0.0612. The van der Waals surface area contributed by atoms with E-state index in [2.05, 4.69) is 20.5 Å². The van der Waals surface area contributed by atoms with Gasteiger partial charge in [-0.05, 0) is 37.0 Å². The van der Waals surface area contributed by atoms with Gasteiger partial charge in [-0.1, -0.05) is 30.9 Å². The van der Waals surface area contributed by atoms with Gasteiger partial charge in [0, 0.05) is 24.9 Å². The first-order chi connectivity index (χ1) is 13.0. The van der Waals surface area contributed by atoms with Crippen LogP contribution in [-0.4, -0.2) is 27.6 Å². The number of halogens is 2. The molecule has 1 aliphatic carbocycles. The van der Waals surface area contributed by atoms with E-state index in [-0.39, 0.29) is 35.3 Å². The summed E-state index contributed by atoms with van der Waals surface area (Å²) in [6.45, 7) is 0.700. The molecule has 0 unspecified atom stereocenters. The molecule has 1 fully saturated rings. The van der Waals surface area contributed by atoms with E-state index in [1.165, 1.54) is 50.3 Å². The van der Waals surface area contributed by atoms with Crippen LogP contribution in [0.3, 0.4) is 0 Å². The summed E-state index contributed by atoms with van der Waals surface area (Å²) in [5, 5.41) is 10.8. The van der Waals surface area contributed by atoms with Crippen molar-refractivity contribution in [1.29, 1.82) is 0 Å². The number of benzene rings is 1. The Morgan fingerprint density at radius 3 is 2.74 bits per heavy atom. The number of rotatable bonds is 6. The number of nitrogens with zero attached hydrogens (tertiary/aromatic N) is 2. The fourth-order valence-corrected chi connectivity index (χ4v) is 3.45. The summed E-state index contributed by atoms with van der Waals surface area (Å²) in [4.78, 5) is 26.8. The van der Waals surface area contributed by atoms with Gasteiger partial charge in [0.25, 0.3) is 5.56 Å². The predicted octanol–water partition coefficient (Wildman–Crippen LogP) is 3.25. The maximum atomic E-state index is 13.2. The number of nitrogens with one attached hydrogen (secondary N) is 2. The quantitative estimate of drug-likeness (QED) is 0.789. The largest absolute Gasteiger partial charge is 0.356 e. The van der Waals surface area contributed by atoms with E-state index in [1.807, 2.05) is 0 Å². The Morgan fingerprint density at radius 2 is 2.04 bits per heavy atom. The van der Waals surface area contributed by atoms with Crippen LogP contribution in [0.4, 0.5) is 4.39 Å². The summed E-state index contributed by atoms with van der Waals surface area (Å²) in [7, 11) is 0. The van der Waals surface area contributed by atoms with Gasteiger partial charge in [0.1, 0.15) is 11.5 Å². The fraction of sp³-hybridized carbons (Fsp3) is 0.474. The molecule has 8 heteroatoms. The highest BCUT2D eigenvalue weighted by molar-refractivity contribution is 6.31. The van der Waals surface area contributed by atoms with Crippen LogP contribution in [-0.2, 0) is 11.2 Å². The molecule has 1 aliphatic rings. The van der Waals surface area contributed by atoms with Gasteiger partial charge in [0.15, 0.2) is 5.82 Å². The van der Waals surface area contributed by atoms with E-state index in [4.69, 9.17) is 11.6 Å². The van der Waals surface area contributed by atoms with Crippen molar-refractivity contribution in [2.45, 2.75) is 44.9 Å². The molecule has 0 saturated heterocycles. The molecule has 2 N–H and O–H groups in total. The van der Waals surface area contributed by atoms with Gasteiger partial charge in [-0.25, -0.2) is 4.39 Å². The molecule has 27 heavy (non-hydrogen) atoms. The highest BCUT2D eigenvalue weighted by Crippen LogP contribution is 2.23. The average molecular weight is 393 g/mol. The molecule has 1 aromatic carbocycles. The number of aryl methyl sites for hydroxylation is 1. The summed E-state index contributed by atoms with van der Waals surface area (Å²) in [5.74, 6) is 0.128. The first-order valence-electron chi connectivity index (χ1n) is 9.21. The number of carbonyl (C=O) groups is 1. The predicted molar refractivity (Wildman–Crippen MR) is 101 cm³/mol. The van der Waals surface area contributed by atoms with Crippen LogP contribution in [0.2, 0.25) is 5.02 Å². The van der Waals surface area contributed by atoms with Gasteiger partial charge < -0.3 is 10.3 Å². The van der Waals surface area contributed by atoms with Crippen molar-refractivity contribution in [3.8, 4) is 11.4 Å². The zero-order chi connectivity index (χ0) is 19.2. The van der Waals surface area contributed by atoms with Gasteiger partial charge >= 0.3 is 0 Å². The average Bonchev–Trinajstić information content (AvgIpc) is 2.68. The molecule has 0 aliphatic heterocycles. The Hall–Kier alpha value is -2.28. The van der Waals surface area contributed by atoms with Crippen LogP contribution in [0.25, 0.3) is 11.4 Å². The summed E-state index contributed by atoms with van der Waals surface area (Å²) in [5.41, 5.74) is 0.239. The van der Waals surface area contributed by atoms with E-state index in [0.717, 1.165) is 0 Å². The number of H-pyrrole nitrogens is 1. The molecule has 1 aromatic heterocycles. The van der Waals surface area contributed by atoms with Gasteiger partial charge in [-0.15, -0.1) is 10.2 Å². The smallest absolute Gasteiger partial charge is 0.273 e. The van der Waals surface area contributed by atoms with Crippen molar-refractivity contribution in [2.24, 2.45) is 5.92 Å². The molecular weight excluding hydrogens is 371 g/mol. The van der Waals surface area contributed by atoms with Crippen LogP contribution >= 0.6 is 11.6 Å². The lowest BCUT2D eigenvalue weighted by molar-refractivity contribution is -0.121. The van der Waals surface area contributed by atoms with Gasteiger partial charge in [0.2, 0.25) is 5.91 Å². The normalized spacial score (nSPS) is 14.9. The third kappa shape index (κ3) is 5.35. The van der Waals surface area contributed by atoms with Gasteiger partial charge in [-0.3, -0.25) is 9.59 Å². The zero-order valence-corrected chi connectivity index (χ0v) is 15.7. The molecule has 3 rings (SSSR count). The second-order valence-electron chi connectivity index (χ2n) is 6.89. The Kier molecular flexibility index (Phi) is 6.55. The minimum Gasteiger partial charge on any atom is -0.356 e. The molecule has 0 spiro atoms. The first kappa shape index (κ1) is 19.5. The summed E-state index contributed by atoms with van der Waals surface area (Å²) < 4.78 is 13.2. The van der Waals surface area contributed by atoms with Gasteiger partial charge in [0.05, 0.1) is 5.02 Å². The van der Waals surface area contributed by atoms with Crippen LogP contribution in [0.5, 0.6) is 0 Å². The third-order valence-electron chi connectivity index (χ3n) is 4.86. The second kappa shape index (κ2) is 9.08. The standard InChI is InChI=1S/C19H22ClFN4O2/c20-14-10-13(6-7-15(14)21)18-23-19(27)16(24-25-18)8-9-17(26)22-11-12-4-2-1-3-5-12/h6-7,10,12H,1-5,8-9,11H2,(H,22,26)(H,23,25,27). The molecule has 144 valence electrons. The molecule has 1 amide bonds. The first-order valence-corrected chi connectivity index (χ1v) is 9.58. The summed E-state index contributed by atoms with van der Waals surface area (Å²) in [6, 6.07) is 4.02. The summed E-state index contributed by atoms with van der Waals surface area (Å²) >= 11 is 5.75. The number of aromatic amines is 1. The maximum Gasteiger partial charge on any atom is 0.273 e. The summed E-state index contributed by atoms with van der Waals surface area (Å²) in [6.07, 6.45) is 6.48. The van der Waals surface area contributed by atoms with E-state index >= 15 is 0 Å². The lowest BCUT2D eigenvalue weighted by atomic mass is 9.89. The highest BCUT2D eigenvalue weighted by Gasteiger charge is 2.15. The molecule has 6 nitrogen and oxygen atoms in total. The van der Waals surface area contributed by atoms with Crippen molar-refractivity contribution < 1.29 is 9.18 Å². The third-order valence-corrected chi connectivity index (χ3v) is 5.15. The minimum atomic E-state index is -0.549. The van der Waals surface area contributed by atoms with E-state index in [9.17, 15) is 14.0 Å². The SMILES string of the molecule is O=C(CCc1nnc(-c2ccc(F)c(Cl)c2)[nH]c1=O)NCC1CCCCC1. The van der Waals surface area contributed by atoms with Crippen molar-refractivity contribution in [3.05, 3.63) is 45.1 Å². The van der Waals surface area contributed by atoms with Crippen molar-refractivity contribution >= 4 is 17.5 Å². The fourth-order valence-electron chi connectivity index (χ4n) is 3.27. The zero-order valence-electron chi connectivity index (χ0n) is 14.9. The van der Waals surface area contributed by atoms with Gasteiger partial charge in [-0.2, -0.15) is 0 Å². The molecule has 2 aromatic rings. The Labute approximate surface area is 161 Å². The second-order valence-corrected chi connectivity index (χ2v) is 7.29. The van der Waals surface area contributed by atoms with E-state index < -0.39 is 11.4 Å². The van der Waals surface area contributed by atoms with Crippen LogP contribution in [0.15, 0.2) is 23.0 Å². The number of amides is 1. The molecule has 0 radical (unpaired) electrons. The number of aromatic nitrogens is 3. The topological polar surface area (TPSA) is 87.7 Å². The van der Waals surface area contributed by atoms with Crippen molar-refractivity contribution in [1.82, 2.24) is 20.5 Å². The molecule has 0 atom stereocenters. The number of hydrogen-bond donors (Lipinski definition) is 2.